The number of carbonyl (C=O) groups excluding carboxylic acids is 3. The van der Waals surface area contributed by atoms with Gasteiger partial charge >= 0.3 is 0 Å². The average molecular weight is 268 g/mol. The summed E-state index contributed by atoms with van der Waals surface area (Å²) >= 11 is 0. The molecule has 2 fully saturated rings. The summed E-state index contributed by atoms with van der Waals surface area (Å²) in [7, 11) is 1.60. The number of amides is 3. The number of carbonyl (C=O) groups is 3. The number of hydrogen-bond donors (Lipinski definition) is 2. The quantitative estimate of drug-likeness (QED) is 0.630. The lowest BCUT2D eigenvalue weighted by Gasteiger charge is -2.29. The highest BCUT2D eigenvalue weighted by atomic mass is 16.2. The van der Waals surface area contributed by atoms with Crippen LogP contribution >= 0.6 is 0 Å². The number of rotatable bonds is 3. The van der Waals surface area contributed by atoms with Crippen LogP contribution in [0.25, 0.3) is 0 Å². The first-order valence-electron chi connectivity index (χ1n) is 6.61. The molecular formula is C12H20N4O3. The van der Waals surface area contributed by atoms with Crippen molar-refractivity contribution < 1.29 is 14.4 Å². The van der Waals surface area contributed by atoms with E-state index in [9.17, 15) is 14.4 Å². The molecule has 0 unspecified atom stereocenters. The second kappa shape index (κ2) is 6.01. The SMILES string of the molecule is CN(CC(=O)N1CCNCC1)C(=O)[C@H]1CCC(=O)N1. The van der Waals surface area contributed by atoms with E-state index in [1.807, 2.05) is 0 Å². The topological polar surface area (TPSA) is 81.8 Å². The van der Waals surface area contributed by atoms with E-state index >= 15 is 0 Å². The lowest BCUT2D eigenvalue weighted by atomic mass is 10.2. The molecule has 0 radical (unpaired) electrons. The Hall–Kier alpha value is -1.63. The van der Waals surface area contributed by atoms with Crippen molar-refractivity contribution in [2.45, 2.75) is 18.9 Å². The third-order valence-corrected chi connectivity index (χ3v) is 3.51. The number of hydrogen-bond acceptors (Lipinski definition) is 4. The first-order chi connectivity index (χ1) is 9.08. The zero-order valence-corrected chi connectivity index (χ0v) is 11.1. The monoisotopic (exact) mass is 268 g/mol. The summed E-state index contributed by atoms with van der Waals surface area (Å²) in [4.78, 5) is 38.3. The second-order valence-corrected chi connectivity index (χ2v) is 4.98. The van der Waals surface area contributed by atoms with Crippen LogP contribution in [-0.2, 0) is 14.4 Å². The molecule has 0 aromatic carbocycles. The molecule has 7 heteroatoms. The molecule has 2 aliphatic heterocycles. The minimum atomic E-state index is -0.465. The van der Waals surface area contributed by atoms with Gasteiger partial charge in [-0.1, -0.05) is 0 Å². The molecule has 2 aliphatic rings. The van der Waals surface area contributed by atoms with Gasteiger partial charge in [-0.15, -0.1) is 0 Å². The smallest absolute Gasteiger partial charge is 0.245 e. The van der Waals surface area contributed by atoms with Crippen LogP contribution in [0.4, 0.5) is 0 Å². The minimum absolute atomic E-state index is 0.0401. The van der Waals surface area contributed by atoms with Gasteiger partial charge < -0.3 is 20.4 Å². The summed E-state index contributed by atoms with van der Waals surface area (Å²) in [5.74, 6) is -0.323. The Morgan fingerprint density at radius 2 is 2.05 bits per heavy atom. The zero-order valence-electron chi connectivity index (χ0n) is 11.1. The van der Waals surface area contributed by atoms with E-state index in [0.717, 1.165) is 13.1 Å². The lowest BCUT2D eigenvalue weighted by Crippen LogP contribution is -2.51. The van der Waals surface area contributed by atoms with Crippen LogP contribution in [-0.4, -0.2) is 73.3 Å². The van der Waals surface area contributed by atoms with E-state index in [1.165, 1.54) is 4.90 Å². The Balaban J connectivity index is 1.82. The molecule has 7 nitrogen and oxygen atoms in total. The molecule has 0 spiro atoms. The van der Waals surface area contributed by atoms with Crippen molar-refractivity contribution in [2.75, 3.05) is 39.8 Å². The summed E-state index contributed by atoms with van der Waals surface area (Å²) in [5.41, 5.74) is 0. The Morgan fingerprint density at radius 3 is 2.63 bits per heavy atom. The van der Waals surface area contributed by atoms with Crippen molar-refractivity contribution in [1.82, 2.24) is 20.4 Å². The maximum atomic E-state index is 12.0. The molecule has 2 heterocycles. The van der Waals surface area contributed by atoms with E-state index < -0.39 is 6.04 Å². The molecule has 3 amide bonds. The number of nitrogens with one attached hydrogen (secondary N) is 2. The van der Waals surface area contributed by atoms with Gasteiger partial charge in [-0.05, 0) is 6.42 Å². The van der Waals surface area contributed by atoms with Crippen LogP contribution in [0.15, 0.2) is 0 Å². The molecule has 19 heavy (non-hydrogen) atoms. The minimum Gasteiger partial charge on any atom is -0.344 e. The Labute approximate surface area is 112 Å². The molecular weight excluding hydrogens is 248 g/mol. The largest absolute Gasteiger partial charge is 0.344 e. The van der Waals surface area contributed by atoms with Crippen LogP contribution in [0, 0.1) is 0 Å². The molecule has 0 bridgehead atoms. The van der Waals surface area contributed by atoms with Crippen LogP contribution in [0.5, 0.6) is 0 Å². The molecule has 1 atom stereocenters. The van der Waals surface area contributed by atoms with Crippen molar-refractivity contribution in [3.05, 3.63) is 0 Å². The fourth-order valence-electron chi connectivity index (χ4n) is 2.36. The van der Waals surface area contributed by atoms with Crippen LogP contribution in [0.2, 0.25) is 0 Å². The van der Waals surface area contributed by atoms with E-state index in [2.05, 4.69) is 10.6 Å². The van der Waals surface area contributed by atoms with Crippen LogP contribution in [0.1, 0.15) is 12.8 Å². The van der Waals surface area contributed by atoms with Gasteiger partial charge in [0.1, 0.15) is 6.04 Å². The van der Waals surface area contributed by atoms with Gasteiger partial charge in [0.25, 0.3) is 0 Å². The molecule has 2 rings (SSSR count). The lowest BCUT2D eigenvalue weighted by molar-refractivity contribution is -0.140. The van der Waals surface area contributed by atoms with Gasteiger partial charge in [0.15, 0.2) is 0 Å². The Morgan fingerprint density at radius 1 is 1.37 bits per heavy atom. The summed E-state index contributed by atoms with van der Waals surface area (Å²) in [6.45, 7) is 3.03. The molecule has 2 N–H and O–H groups in total. The van der Waals surface area contributed by atoms with Gasteiger partial charge in [0, 0.05) is 39.6 Å². The predicted molar refractivity (Wildman–Crippen MR) is 68.3 cm³/mol. The standard InChI is InChI=1S/C12H20N4O3/c1-15(12(19)9-2-3-10(17)14-9)8-11(18)16-6-4-13-5-7-16/h9,13H,2-8H2,1H3,(H,14,17)/t9-/m1/s1. The molecule has 0 saturated carbocycles. The van der Waals surface area contributed by atoms with Crippen molar-refractivity contribution >= 4 is 17.7 Å². The van der Waals surface area contributed by atoms with Crippen molar-refractivity contribution in [2.24, 2.45) is 0 Å². The van der Waals surface area contributed by atoms with Crippen molar-refractivity contribution in [1.29, 1.82) is 0 Å². The fourth-order valence-corrected chi connectivity index (χ4v) is 2.36. The summed E-state index contributed by atoms with van der Waals surface area (Å²) in [6, 6.07) is -0.465. The second-order valence-electron chi connectivity index (χ2n) is 4.98. The van der Waals surface area contributed by atoms with Gasteiger partial charge in [0.05, 0.1) is 6.54 Å². The summed E-state index contributed by atoms with van der Waals surface area (Å²) < 4.78 is 0. The van der Waals surface area contributed by atoms with E-state index in [-0.39, 0.29) is 24.3 Å². The summed E-state index contributed by atoms with van der Waals surface area (Å²) in [6.07, 6.45) is 0.903. The van der Waals surface area contributed by atoms with Gasteiger partial charge in [0.2, 0.25) is 17.7 Å². The normalized spacial score (nSPS) is 23.1. The fraction of sp³-hybridized carbons (Fsp3) is 0.750. The highest BCUT2D eigenvalue weighted by molar-refractivity contribution is 5.92. The van der Waals surface area contributed by atoms with Gasteiger partial charge in [-0.25, -0.2) is 0 Å². The highest BCUT2D eigenvalue weighted by Gasteiger charge is 2.30. The molecule has 2 saturated heterocycles. The van der Waals surface area contributed by atoms with Gasteiger partial charge in [-0.3, -0.25) is 14.4 Å². The van der Waals surface area contributed by atoms with E-state index in [0.29, 0.717) is 25.9 Å². The van der Waals surface area contributed by atoms with Crippen molar-refractivity contribution in [3.8, 4) is 0 Å². The maximum Gasteiger partial charge on any atom is 0.245 e. The average Bonchev–Trinajstić information content (AvgIpc) is 2.85. The zero-order chi connectivity index (χ0) is 13.8. The first-order valence-corrected chi connectivity index (χ1v) is 6.61. The highest BCUT2D eigenvalue weighted by Crippen LogP contribution is 2.09. The third kappa shape index (κ3) is 3.44. The third-order valence-electron chi connectivity index (χ3n) is 3.51. The predicted octanol–water partition coefficient (Wildman–Crippen LogP) is -1.84. The van der Waals surface area contributed by atoms with E-state index in [1.54, 1.807) is 11.9 Å². The van der Waals surface area contributed by atoms with Gasteiger partial charge in [-0.2, -0.15) is 0 Å². The molecule has 0 aromatic rings. The number of likely N-dealkylation sites (N-methyl/N-ethyl adjacent to an activating group) is 1. The molecule has 0 aliphatic carbocycles. The Kier molecular flexibility index (Phi) is 4.36. The Bertz CT molecular complexity index is 379. The summed E-state index contributed by atoms with van der Waals surface area (Å²) in [5, 5.41) is 5.80. The molecule has 0 aromatic heterocycles. The maximum absolute atomic E-state index is 12.0. The number of piperazine rings is 1. The van der Waals surface area contributed by atoms with Crippen LogP contribution < -0.4 is 10.6 Å². The van der Waals surface area contributed by atoms with Crippen molar-refractivity contribution in [3.63, 3.8) is 0 Å². The first kappa shape index (κ1) is 13.8. The number of nitrogens with zero attached hydrogens (tertiary/aromatic N) is 2. The van der Waals surface area contributed by atoms with E-state index in [4.69, 9.17) is 0 Å². The van der Waals surface area contributed by atoms with Crippen LogP contribution in [0.3, 0.4) is 0 Å². The molecule has 106 valence electrons.